The molecule has 0 N–H and O–H groups in total. The van der Waals surface area contributed by atoms with Gasteiger partial charge in [0.1, 0.15) is 11.5 Å². The van der Waals surface area contributed by atoms with Crippen LogP contribution in [0.1, 0.15) is 12.5 Å². The van der Waals surface area contributed by atoms with Gasteiger partial charge >= 0.3 is 5.97 Å². The van der Waals surface area contributed by atoms with Crippen molar-refractivity contribution in [2.75, 3.05) is 7.11 Å². The molecule has 0 spiro atoms. The third kappa shape index (κ3) is 2.45. The number of benzene rings is 2. The molecule has 0 saturated heterocycles. The summed E-state index contributed by atoms with van der Waals surface area (Å²) < 4.78 is 10.8. The van der Waals surface area contributed by atoms with Crippen molar-refractivity contribution in [3.63, 3.8) is 0 Å². The summed E-state index contributed by atoms with van der Waals surface area (Å²) in [5, 5.41) is 1.79. The van der Waals surface area contributed by atoms with Crippen LogP contribution in [0.5, 0.6) is 11.5 Å². The molecule has 0 unspecified atom stereocenters. The smallest absolute Gasteiger partial charge is 0.335 e. The van der Waals surface area contributed by atoms with E-state index in [0.717, 1.165) is 28.5 Å². The molecule has 0 bridgehead atoms. The molecule has 2 aromatic carbocycles. The second-order valence-corrected chi connectivity index (χ2v) is 4.09. The number of ether oxygens (including phenoxy) is 2. The SMILES string of the molecule is C=CC(=O)Oc1c(CC)cc(OC)c2ccccc12. The molecule has 2 rings (SSSR count). The van der Waals surface area contributed by atoms with Crippen LogP contribution in [0.2, 0.25) is 0 Å². The van der Waals surface area contributed by atoms with E-state index in [1.165, 1.54) is 6.08 Å². The number of methoxy groups -OCH3 is 1. The lowest BCUT2D eigenvalue weighted by Gasteiger charge is -2.14. The van der Waals surface area contributed by atoms with Crippen molar-refractivity contribution in [3.8, 4) is 11.5 Å². The summed E-state index contributed by atoms with van der Waals surface area (Å²) in [6.07, 6.45) is 1.92. The maximum absolute atomic E-state index is 11.5. The van der Waals surface area contributed by atoms with Gasteiger partial charge in [-0.1, -0.05) is 37.8 Å². The van der Waals surface area contributed by atoms with E-state index >= 15 is 0 Å². The van der Waals surface area contributed by atoms with Crippen LogP contribution in [0.15, 0.2) is 43.0 Å². The van der Waals surface area contributed by atoms with E-state index < -0.39 is 5.97 Å². The van der Waals surface area contributed by atoms with Crippen LogP contribution in [-0.4, -0.2) is 13.1 Å². The van der Waals surface area contributed by atoms with Gasteiger partial charge in [-0.05, 0) is 18.1 Å². The fourth-order valence-corrected chi connectivity index (χ4v) is 2.06. The molecule has 0 aliphatic heterocycles. The van der Waals surface area contributed by atoms with Gasteiger partial charge in [0.2, 0.25) is 0 Å². The van der Waals surface area contributed by atoms with Crippen molar-refractivity contribution < 1.29 is 14.3 Å². The topological polar surface area (TPSA) is 35.5 Å². The van der Waals surface area contributed by atoms with Gasteiger partial charge in [0.15, 0.2) is 0 Å². The zero-order chi connectivity index (χ0) is 13.8. The standard InChI is InChI=1S/C16H16O3/c1-4-11-10-14(18-3)12-8-6-7-9-13(12)16(11)19-15(17)5-2/h5-10H,2,4H2,1,3H3. The van der Waals surface area contributed by atoms with Crippen molar-refractivity contribution in [2.45, 2.75) is 13.3 Å². The molecule has 0 heterocycles. The molecular formula is C16H16O3. The third-order valence-corrected chi connectivity index (χ3v) is 3.00. The lowest BCUT2D eigenvalue weighted by molar-refractivity contribution is -0.128. The fraction of sp³-hybridized carbons (Fsp3) is 0.188. The van der Waals surface area contributed by atoms with Gasteiger partial charge in [0.25, 0.3) is 0 Å². The first kappa shape index (κ1) is 13.1. The molecule has 0 fully saturated rings. The van der Waals surface area contributed by atoms with E-state index in [1.807, 2.05) is 37.3 Å². The predicted octanol–water partition coefficient (Wildman–Crippen LogP) is 3.50. The van der Waals surface area contributed by atoms with Gasteiger partial charge in [-0.3, -0.25) is 0 Å². The number of fused-ring (bicyclic) bond motifs is 1. The van der Waals surface area contributed by atoms with Gasteiger partial charge in [0, 0.05) is 16.8 Å². The normalized spacial score (nSPS) is 10.2. The van der Waals surface area contributed by atoms with Crippen LogP contribution in [0.25, 0.3) is 10.8 Å². The summed E-state index contributed by atoms with van der Waals surface area (Å²) in [6.45, 7) is 5.44. The number of hydrogen-bond donors (Lipinski definition) is 0. The van der Waals surface area contributed by atoms with Crippen molar-refractivity contribution in [1.29, 1.82) is 0 Å². The Kier molecular flexibility index (Phi) is 3.85. The molecule has 0 atom stereocenters. The Morgan fingerprint density at radius 2 is 2.00 bits per heavy atom. The molecule has 3 nitrogen and oxygen atoms in total. The number of esters is 1. The van der Waals surface area contributed by atoms with Crippen LogP contribution in [0.4, 0.5) is 0 Å². The Morgan fingerprint density at radius 1 is 1.32 bits per heavy atom. The number of carbonyl (C=O) groups is 1. The fourth-order valence-electron chi connectivity index (χ4n) is 2.06. The van der Waals surface area contributed by atoms with Crippen molar-refractivity contribution in [1.82, 2.24) is 0 Å². The van der Waals surface area contributed by atoms with E-state index in [2.05, 4.69) is 6.58 Å². The van der Waals surface area contributed by atoms with Crippen molar-refractivity contribution in [3.05, 3.63) is 48.6 Å². The van der Waals surface area contributed by atoms with E-state index in [0.29, 0.717) is 5.75 Å². The van der Waals surface area contributed by atoms with Gasteiger partial charge < -0.3 is 9.47 Å². The van der Waals surface area contributed by atoms with Crippen LogP contribution in [0.3, 0.4) is 0 Å². The molecule has 0 aliphatic rings. The number of aryl methyl sites for hydroxylation is 1. The first-order chi connectivity index (χ1) is 9.21. The molecule has 2 aromatic rings. The Hall–Kier alpha value is -2.29. The molecule has 19 heavy (non-hydrogen) atoms. The highest BCUT2D eigenvalue weighted by molar-refractivity contribution is 5.97. The van der Waals surface area contributed by atoms with Crippen molar-refractivity contribution >= 4 is 16.7 Å². The second-order valence-electron chi connectivity index (χ2n) is 4.09. The number of hydrogen-bond acceptors (Lipinski definition) is 3. The lowest BCUT2D eigenvalue weighted by atomic mass is 10.0. The zero-order valence-corrected chi connectivity index (χ0v) is 11.1. The molecular weight excluding hydrogens is 240 g/mol. The Bertz CT molecular complexity index is 629. The van der Waals surface area contributed by atoms with Gasteiger partial charge in [-0.25, -0.2) is 4.79 Å². The summed E-state index contributed by atoms with van der Waals surface area (Å²) in [6, 6.07) is 9.61. The van der Waals surface area contributed by atoms with E-state index in [4.69, 9.17) is 9.47 Å². The molecule has 98 valence electrons. The maximum Gasteiger partial charge on any atom is 0.335 e. The minimum absolute atomic E-state index is 0.454. The highest BCUT2D eigenvalue weighted by Gasteiger charge is 2.14. The molecule has 0 radical (unpaired) electrons. The quantitative estimate of drug-likeness (QED) is 0.477. The van der Waals surface area contributed by atoms with Crippen LogP contribution >= 0.6 is 0 Å². The first-order valence-electron chi connectivity index (χ1n) is 6.14. The maximum atomic E-state index is 11.5. The average molecular weight is 256 g/mol. The molecule has 3 heteroatoms. The zero-order valence-electron chi connectivity index (χ0n) is 11.1. The number of rotatable bonds is 4. The minimum atomic E-state index is -0.454. The third-order valence-electron chi connectivity index (χ3n) is 3.00. The molecule has 0 saturated carbocycles. The van der Waals surface area contributed by atoms with Crippen LogP contribution in [0, 0.1) is 0 Å². The largest absolute Gasteiger partial charge is 0.496 e. The summed E-state index contributed by atoms with van der Waals surface area (Å²) in [4.78, 5) is 11.5. The van der Waals surface area contributed by atoms with E-state index in [9.17, 15) is 4.79 Å². The monoisotopic (exact) mass is 256 g/mol. The predicted molar refractivity (Wildman–Crippen MR) is 75.7 cm³/mol. The van der Waals surface area contributed by atoms with Gasteiger partial charge in [0.05, 0.1) is 7.11 Å². The lowest BCUT2D eigenvalue weighted by Crippen LogP contribution is -2.06. The van der Waals surface area contributed by atoms with Gasteiger partial charge in [-0.15, -0.1) is 0 Å². The summed E-state index contributed by atoms with van der Waals surface area (Å²) in [7, 11) is 1.64. The molecule has 0 aromatic heterocycles. The highest BCUT2D eigenvalue weighted by atomic mass is 16.5. The van der Waals surface area contributed by atoms with Crippen LogP contribution < -0.4 is 9.47 Å². The Balaban J connectivity index is 2.72. The number of carbonyl (C=O) groups excluding carboxylic acids is 1. The molecule has 0 amide bonds. The summed E-state index contributed by atoms with van der Waals surface area (Å²) in [5.41, 5.74) is 0.936. The molecule has 0 aliphatic carbocycles. The Morgan fingerprint density at radius 3 is 2.58 bits per heavy atom. The van der Waals surface area contributed by atoms with E-state index in [-0.39, 0.29) is 0 Å². The first-order valence-corrected chi connectivity index (χ1v) is 6.14. The average Bonchev–Trinajstić information content (AvgIpc) is 2.47. The highest BCUT2D eigenvalue weighted by Crippen LogP contribution is 2.37. The van der Waals surface area contributed by atoms with Crippen LogP contribution in [-0.2, 0) is 11.2 Å². The minimum Gasteiger partial charge on any atom is -0.496 e. The van der Waals surface area contributed by atoms with E-state index in [1.54, 1.807) is 7.11 Å². The Labute approximate surface area is 112 Å². The summed E-state index contributed by atoms with van der Waals surface area (Å²) in [5.74, 6) is 0.916. The van der Waals surface area contributed by atoms with Gasteiger partial charge in [-0.2, -0.15) is 0 Å². The van der Waals surface area contributed by atoms with Crippen molar-refractivity contribution in [2.24, 2.45) is 0 Å². The summed E-state index contributed by atoms with van der Waals surface area (Å²) >= 11 is 0. The second kappa shape index (κ2) is 5.57.